The molecule has 0 bridgehead atoms. The van der Waals surface area contributed by atoms with E-state index in [2.05, 4.69) is 74.8 Å². The van der Waals surface area contributed by atoms with Gasteiger partial charge >= 0.3 is 6.18 Å². The predicted octanol–water partition coefficient (Wildman–Crippen LogP) is 9.29. The van der Waals surface area contributed by atoms with Crippen LogP contribution in [-0.4, -0.2) is 11.2 Å². The van der Waals surface area contributed by atoms with Crippen LogP contribution in [0.5, 0.6) is 0 Å². The lowest BCUT2D eigenvalue weighted by molar-refractivity contribution is -0.0915. The molecule has 1 heterocycles. The van der Waals surface area contributed by atoms with Crippen molar-refractivity contribution in [2.75, 3.05) is 0 Å². The highest BCUT2D eigenvalue weighted by molar-refractivity contribution is 6.31. The Balaban J connectivity index is 0.000000405. The number of nitrogens with one attached hydrogen (secondary N) is 1. The van der Waals surface area contributed by atoms with Gasteiger partial charge in [0.15, 0.2) is 0 Å². The molecule has 0 amide bonds. The number of benzene rings is 2. The van der Waals surface area contributed by atoms with Crippen LogP contribution in [0.1, 0.15) is 82.2 Å². The topological polar surface area (TPSA) is 67.8 Å². The van der Waals surface area contributed by atoms with Crippen LogP contribution in [0.15, 0.2) is 66.0 Å². The SMILES string of the molecule is C/C(=C\N)C(F)(F)F.CC/C=C(\C)N.CCCCc1c(C(C)c2ccc(C)cc2)[nH]c2ccc(Cl)cc12. The lowest BCUT2D eigenvalue weighted by atomic mass is 9.92. The van der Waals surface area contributed by atoms with Gasteiger partial charge in [0.2, 0.25) is 0 Å². The standard InChI is InChI=1S/C21H24ClN.C5H11N.C4H6F3N/c1-4-5-6-18-19-13-17(22)11-12-20(19)23-21(18)15(3)16-9-7-14(2)8-10-16;1-3-4-5(2)6;1-3(2-8)4(5,6)7/h7-13,15,23H,4-6H2,1-3H3;4H,3,6H2,1-2H3;2H,8H2,1H3/b;5-4+;3-2+. The number of alkyl halides is 3. The molecule has 0 saturated heterocycles. The summed E-state index contributed by atoms with van der Waals surface area (Å²) in [6.45, 7) is 11.5. The van der Waals surface area contributed by atoms with E-state index in [0.29, 0.717) is 12.1 Å². The Morgan fingerprint density at radius 3 is 2.14 bits per heavy atom. The third-order valence-electron chi connectivity index (χ3n) is 5.92. The number of H-pyrrole nitrogens is 1. The van der Waals surface area contributed by atoms with Gasteiger partial charge in [-0.25, -0.2) is 0 Å². The van der Waals surface area contributed by atoms with Crippen molar-refractivity contribution in [3.05, 3.63) is 93.4 Å². The van der Waals surface area contributed by atoms with Crippen LogP contribution in [-0.2, 0) is 6.42 Å². The Kier molecular flexibility index (Phi) is 13.4. The Bertz CT molecular complexity index is 1160. The van der Waals surface area contributed by atoms with Crippen molar-refractivity contribution in [1.82, 2.24) is 4.98 Å². The number of aromatic nitrogens is 1. The van der Waals surface area contributed by atoms with Crippen LogP contribution in [0.3, 0.4) is 0 Å². The van der Waals surface area contributed by atoms with Crippen LogP contribution >= 0.6 is 11.6 Å². The largest absolute Gasteiger partial charge is 0.413 e. The monoisotopic (exact) mass is 535 g/mol. The molecule has 3 rings (SSSR count). The molecule has 1 unspecified atom stereocenters. The van der Waals surface area contributed by atoms with E-state index in [1.165, 1.54) is 46.1 Å². The van der Waals surface area contributed by atoms with Crippen molar-refractivity contribution < 1.29 is 13.2 Å². The van der Waals surface area contributed by atoms with Gasteiger partial charge in [0.25, 0.3) is 0 Å². The summed E-state index contributed by atoms with van der Waals surface area (Å²) < 4.78 is 33.9. The molecule has 0 aliphatic carbocycles. The maximum absolute atomic E-state index is 11.3. The first-order valence-electron chi connectivity index (χ1n) is 12.6. The number of aryl methyl sites for hydroxylation is 2. The number of aromatic amines is 1. The minimum Gasteiger partial charge on any atom is -0.404 e. The maximum atomic E-state index is 11.3. The molecular weight excluding hydrogens is 495 g/mol. The number of hydrogen-bond acceptors (Lipinski definition) is 2. The molecule has 0 aliphatic rings. The second-order valence-electron chi connectivity index (χ2n) is 9.15. The summed E-state index contributed by atoms with van der Waals surface area (Å²) in [6.07, 6.45) is 2.82. The first-order valence-corrected chi connectivity index (χ1v) is 13.0. The number of hydrogen-bond donors (Lipinski definition) is 3. The molecule has 37 heavy (non-hydrogen) atoms. The van der Waals surface area contributed by atoms with Crippen molar-refractivity contribution in [1.29, 1.82) is 0 Å². The van der Waals surface area contributed by atoms with Crippen molar-refractivity contribution in [3.8, 4) is 0 Å². The molecule has 5 N–H and O–H groups in total. The Hall–Kier alpha value is -2.86. The highest BCUT2D eigenvalue weighted by atomic mass is 35.5. The van der Waals surface area contributed by atoms with Gasteiger partial charge in [0.1, 0.15) is 0 Å². The molecular formula is C30H41ClF3N3. The zero-order valence-corrected chi connectivity index (χ0v) is 23.5. The third-order valence-corrected chi connectivity index (χ3v) is 6.15. The van der Waals surface area contributed by atoms with Crippen LogP contribution in [0.2, 0.25) is 5.02 Å². The molecule has 204 valence electrons. The van der Waals surface area contributed by atoms with Crippen LogP contribution < -0.4 is 11.5 Å². The minimum atomic E-state index is -4.26. The Morgan fingerprint density at radius 1 is 1.08 bits per heavy atom. The van der Waals surface area contributed by atoms with E-state index < -0.39 is 11.7 Å². The van der Waals surface area contributed by atoms with E-state index in [1.807, 2.05) is 19.1 Å². The van der Waals surface area contributed by atoms with E-state index in [1.54, 1.807) is 0 Å². The van der Waals surface area contributed by atoms with Crippen LogP contribution in [0.25, 0.3) is 10.9 Å². The third kappa shape index (κ3) is 10.6. The summed E-state index contributed by atoms with van der Waals surface area (Å²) in [5.74, 6) is 0.355. The van der Waals surface area contributed by atoms with E-state index in [-0.39, 0.29) is 0 Å². The van der Waals surface area contributed by atoms with Crippen LogP contribution in [0, 0.1) is 6.92 Å². The summed E-state index contributed by atoms with van der Waals surface area (Å²) in [5, 5.41) is 2.09. The second-order valence-corrected chi connectivity index (χ2v) is 9.58. The fraction of sp³-hybridized carbons (Fsp3) is 0.400. The fourth-order valence-electron chi connectivity index (χ4n) is 3.67. The molecule has 3 nitrogen and oxygen atoms in total. The number of rotatable bonds is 6. The quantitative estimate of drug-likeness (QED) is 0.294. The molecule has 0 spiro atoms. The highest BCUT2D eigenvalue weighted by Crippen LogP contribution is 2.34. The van der Waals surface area contributed by atoms with E-state index >= 15 is 0 Å². The van der Waals surface area contributed by atoms with E-state index in [0.717, 1.165) is 30.5 Å². The lowest BCUT2D eigenvalue weighted by Gasteiger charge is -2.14. The van der Waals surface area contributed by atoms with Crippen LogP contribution in [0.4, 0.5) is 13.2 Å². The summed E-state index contributed by atoms with van der Waals surface area (Å²) in [4.78, 5) is 3.65. The van der Waals surface area contributed by atoms with Gasteiger partial charge in [-0.05, 0) is 69.4 Å². The number of nitrogens with two attached hydrogens (primary N) is 2. The zero-order valence-electron chi connectivity index (χ0n) is 22.8. The van der Waals surface area contributed by atoms with E-state index in [4.69, 9.17) is 17.3 Å². The molecule has 0 radical (unpaired) electrons. The average Bonchev–Trinajstić information content (AvgIpc) is 3.19. The molecule has 0 saturated carbocycles. The average molecular weight is 536 g/mol. The molecule has 7 heteroatoms. The van der Waals surface area contributed by atoms with Crippen molar-refractivity contribution in [2.45, 2.75) is 79.3 Å². The second kappa shape index (κ2) is 15.4. The lowest BCUT2D eigenvalue weighted by Crippen LogP contribution is -2.10. The van der Waals surface area contributed by atoms with Crippen molar-refractivity contribution in [3.63, 3.8) is 0 Å². The zero-order chi connectivity index (χ0) is 28.2. The first-order chi connectivity index (χ1) is 17.3. The summed E-state index contributed by atoms with van der Waals surface area (Å²) in [6, 6.07) is 15.0. The van der Waals surface area contributed by atoms with Gasteiger partial charge in [-0.1, -0.05) is 74.7 Å². The molecule has 1 aromatic heterocycles. The predicted molar refractivity (Wildman–Crippen MR) is 153 cm³/mol. The first kappa shape index (κ1) is 32.2. The fourth-order valence-corrected chi connectivity index (χ4v) is 3.84. The van der Waals surface area contributed by atoms with Gasteiger partial charge < -0.3 is 16.5 Å². The number of unbranched alkanes of at least 4 members (excludes halogenated alkanes) is 1. The number of fused-ring (bicyclic) bond motifs is 1. The number of allylic oxidation sites excluding steroid dienone is 3. The van der Waals surface area contributed by atoms with Gasteiger partial charge in [0.05, 0.1) is 0 Å². The Morgan fingerprint density at radius 2 is 1.70 bits per heavy atom. The van der Waals surface area contributed by atoms with Crippen molar-refractivity contribution in [2.24, 2.45) is 11.5 Å². The minimum absolute atomic E-state index is 0.355. The summed E-state index contributed by atoms with van der Waals surface area (Å²) in [5.41, 5.74) is 16.6. The van der Waals surface area contributed by atoms with Gasteiger partial charge in [0, 0.05) is 45.0 Å². The highest BCUT2D eigenvalue weighted by Gasteiger charge is 2.29. The summed E-state index contributed by atoms with van der Waals surface area (Å²) >= 11 is 6.23. The summed E-state index contributed by atoms with van der Waals surface area (Å²) in [7, 11) is 0. The molecule has 3 aromatic rings. The molecule has 0 aliphatic heterocycles. The molecule has 1 atom stereocenters. The van der Waals surface area contributed by atoms with Gasteiger partial charge in [-0.15, -0.1) is 0 Å². The Labute approximate surface area is 224 Å². The van der Waals surface area contributed by atoms with Gasteiger partial charge in [-0.3, -0.25) is 0 Å². The maximum Gasteiger partial charge on any atom is 0.413 e. The number of halogens is 4. The van der Waals surface area contributed by atoms with Gasteiger partial charge in [-0.2, -0.15) is 13.2 Å². The van der Waals surface area contributed by atoms with Crippen molar-refractivity contribution >= 4 is 22.5 Å². The molecule has 2 aromatic carbocycles. The smallest absolute Gasteiger partial charge is 0.404 e. The normalized spacial score (nSPS) is 12.9. The molecule has 0 fully saturated rings. The van der Waals surface area contributed by atoms with E-state index in [9.17, 15) is 13.2 Å².